The summed E-state index contributed by atoms with van der Waals surface area (Å²) in [5.41, 5.74) is 1.24. The molecule has 1 aromatic heterocycles. The lowest BCUT2D eigenvalue weighted by Crippen LogP contribution is -2.30. The van der Waals surface area contributed by atoms with Crippen LogP contribution in [0.3, 0.4) is 0 Å². The van der Waals surface area contributed by atoms with Crippen LogP contribution in [0, 0.1) is 0 Å². The van der Waals surface area contributed by atoms with Crippen molar-refractivity contribution in [1.29, 1.82) is 0 Å². The Balaban J connectivity index is 2.20. The van der Waals surface area contributed by atoms with Crippen LogP contribution in [0.5, 0.6) is 5.75 Å². The lowest BCUT2D eigenvalue weighted by molar-refractivity contribution is 0.0773. The van der Waals surface area contributed by atoms with Crippen LogP contribution in [0.4, 0.5) is 0 Å². The molecule has 5 heteroatoms. The van der Waals surface area contributed by atoms with Gasteiger partial charge in [0.1, 0.15) is 16.9 Å². The molecule has 0 saturated heterocycles. The highest BCUT2D eigenvalue weighted by Gasteiger charge is 2.15. The van der Waals surface area contributed by atoms with Gasteiger partial charge in [-0.1, -0.05) is 0 Å². The van der Waals surface area contributed by atoms with Gasteiger partial charge in [-0.3, -0.25) is 9.59 Å². The standard InChI is InChI=1S/C19H19NO4/c1-4-20(5-2)19(22)12-6-8-14-16(10-12)24-17-11-13(23-3)7-9-15(17)18(14)21/h6-11H,4-5H2,1-3H3. The van der Waals surface area contributed by atoms with Gasteiger partial charge in [0, 0.05) is 24.7 Å². The number of carbonyl (C=O) groups is 1. The van der Waals surface area contributed by atoms with Gasteiger partial charge in [-0.05, 0) is 44.2 Å². The maximum Gasteiger partial charge on any atom is 0.253 e. The van der Waals surface area contributed by atoms with Crippen molar-refractivity contribution in [1.82, 2.24) is 4.90 Å². The Morgan fingerprint density at radius 3 is 2.29 bits per heavy atom. The van der Waals surface area contributed by atoms with Gasteiger partial charge in [0.05, 0.1) is 17.9 Å². The van der Waals surface area contributed by atoms with Crippen molar-refractivity contribution in [3.8, 4) is 5.75 Å². The number of hydrogen-bond donors (Lipinski definition) is 0. The van der Waals surface area contributed by atoms with Gasteiger partial charge in [-0.25, -0.2) is 0 Å². The van der Waals surface area contributed by atoms with Crippen molar-refractivity contribution >= 4 is 27.8 Å². The molecule has 0 N–H and O–H groups in total. The molecular weight excluding hydrogens is 306 g/mol. The second-order valence-electron chi connectivity index (χ2n) is 5.48. The molecule has 0 bridgehead atoms. The monoisotopic (exact) mass is 325 g/mol. The number of benzene rings is 2. The minimum atomic E-state index is -0.115. The quantitative estimate of drug-likeness (QED) is 0.690. The molecule has 3 aromatic rings. The second-order valence-corrected chi connectivity index (χ2v) is 5.48. The number of methoxy groups -OCH3 is 1. The Hall–Kier alpha value is -2.82. The van der Waals surface area contributed by atoms with E-state index in [1.54, 1.807) is 48.4 Å². The summed E-state index contributed by atoms with van der Waals surface area (Å²) in [6.07, 6.45) is 0. The molecule has 2 aromatic carbocycles. The molecule has 0 saturated carbocycles. The van der Waals surface area contributed by atoms with E-state index in [9.17, 15) is 9.59 Å². The molecule has 0 unspecified atom stereocenters. The van der Waals surface area contributed by atoms with E-state index in [2.05, 4.69) is 0 Å². The van der Waals surface area contributed by atoms with Gasteiger partial charge in [-0.2, -0.15) is 0 Å². The van der Waals surface area contributed by atoms with Crippen molar-refractivity contribution in [3.05, 3.63) is 52.2 Å². The summed E-state index contributed by atoms with van der Waals surface area (Å²) in [7, 11) is 1.56. The third-order valence-electron chi connectivity index (χ3n) is 4.18. The second kappa shape index (κ2) is 6.35. The molecule has 0 fully saturated rings. The maximum atomic E-state index is 12.6. The molecular formula is C19H19NO4. The predicted molar refractivity (Wildman–Crippen MR) is 93.8 cm³/mol. The van der Waals surface area contributed by atoms with E-state index in [1.165, 1.54) is 0 Å². The average Bonchev–Trinajstić information content (AvgIpc) is 2.61. The summed E-state index contributed by atoms with van der Waals surface area (Å²) < 4.78 is 11.0. The fourth-order valence-corrected chi connectivity index (χ4v) is 2.79. The largest absolute Gasteiger partial charge is 0.497 e. The highest BCUT2D eigenvalue weighted by Crippen LogP contribution is 2.23. The van der Waals surface area contributed by atoms with E-state index < -0.39 is 0 Å². The summed E-state index contributed by atoms with van der Waals surface area (Å²) in [4.78, 5) is 26.8. The molecule has 24 heavy (non-hydrogen) atoms. The molecule has 0 spiro atoms. The van der Waals surface area contributed by atoms with Crippen LogP contribution < -0.4 is 10.2 Å². The molecule has 0 radical (unpaired) electrons. The lowest BCUT2D eigenvalue weighted by Gasteiger charge is -2.18. The Morgan fingerprint density at radius 1 is 1.04 bits per heavy atom. The van der Waals surface area contributed by atoms with E-state index in [0.29, 0.717) is 46.3 Å². The number of nitrogens with zero attached hydrogens (tertiary/aromatic N) is 1. The van der Waals surface area contributed by atoms with Crippen LogP contribution in [-0.4, -0.2) is 31.0 Å². The molecule has 0 aliphatic rings. The first-order valence-electron chi connectivity index (χ1n) is 7.93. The van der Waals surface area contributed by atoms with Crippen molar-refractivity contribution in [2.45, 2.75) is 13.8 Å². The SMILES string of the molecule is CCN(CC)C(=O)c1ccc2c(=O)c3ccc(OC)cc3oc2c1. The van der Waals surface area contributed by atoms with Gasteiger partial charge in [0.15, 0.2) is 0 Å². The fraction of sp³-hybridized carbons (Fsp3) is 0.263. The Kier molecular flexibility index (Phi) is 4.25. The molecule has 5 nitrogen and oxygen atoms in total. The molecule has 0 atom stereocenters. The number of carbonyl (C=O) groups excluding carboxylic acids is 1. The predicted octanol–water partition coefficient (Wildman–Crippen LogP) is 3.44. The Morgan fingerprint density at radius 2 is 1.67 bits per heavy atom. The van der Waals surface area contributed by atoms with Gasteiger partial charge in [-0.15, -0.1) is 0 Å². The first-order valence-corrected chi connectivity index (χ1v) is 7.93. The van der Waals surface area contributed by atoms with E-state index in [-0.39, 0.29) is 11.3 Å². The minimum absolute atomic E-state index is 0.0738. The average molecular weight is 325 g/mol. The molecule has 0 aliphatic carbocycles. The van der Waals surface area contributed by atoms with E-state index in [0.717, 1.165) is 0 Å². The van der Waals surface area contributed by atoms with Gasteiger partial charge in [0.25, 0.3) is 5.91 Å². The van der Waals surface area contributed by atoms with Crippen molar-refractivity contribution in [2.24, 2.45) is 0 Å². The highest BCUT2D eigenvalue weighted by atomic mass is 16.5. The first kappa shape index (κ1) is 16.1. The summed E-state index contributed by atoms with van der Waals surface area (Å²) in [6.45, 7) is 5.13. The lowest BCUT2D eigenvalue weighted by atomic mass is 10.1. The number of fused-ring (bicyclic) bond motifs is 2. The van der Waals surface area contributed by atoms with Gasteiger partial charge < -0.3 is 14.1 Å². The molecule has 1 amide bonds. The van der Waals surface area contributed by atoms with Gasteiger partial charge >= 0.3 is 0 Å². The van der Waals surface area contributed by atoms with E-state index in [4.69, 9.17) is 9.15 Å². The molecule has 3 rings (SSSR count). The van der Waals surface area contributed by atoms with Crippen LogP contribution in [0.15, 0.2) is 45.6 Å². The fourth-order valence-electron chi connectivity index (χ4n) is 2.79. The van der Waals surface area contributed by atoms with Crippen LogP contribution in [-0.2, 0) is 0 Å². The number of hydrogen-bond acceptors (Lipinski definition) is 4. The molecule has 124 valence electrons. The maximum absolute atomic E-state index is 12.6. The molecule has 1 heterocycles. The third kappa shape index (κ3) is 2.62. The van der Waals surface area contributed by atoms with Gasteiger partial charge in [0.2, 0.25) is 5.43 Å². The zero-order chi connectivity index (χ0) is 17.3. The molecule has 0 aliphatic heterocycles. The van der Waals surface area contributed by atoms with E-state index >= 15 is 0 Å². The Bertz CT molecular complexity index is 970. The van der Waals surface area contributed by atoms with Crippen LogP contribution in [0.2, 0.25) is 0 Å². The number of ether oxygens (including phenoxy) is 1. The van der Waals surface area contributed by atoms with Crippen molar-refractivity contribution in [3.63, 3.8) is 0 Å². The number of rotatable bonds is 4. The topological polar surface area (TPSA) is 59.8 Å². The smallest absolute Gasteiger partial charge is 0.253 e. The summed E-state index contributed by atoms with van der Waals surface area (Å²) in [5, 5.41) is 0.954. The highest BCUT2D eigenvalue weighted by molar-refractivity contribution is 5.99. The van der Waals surface area contributed by atoms with Crippen molar-refractivity contribution in [2.75, 3.05) is 20.2 Å². The van der Waals surface area contributed by atoms with Crippen LogP contribution in [0.1, 0.15) is 24.2 Å². The van der Waals surface area contributed by atoms with Crippen LogP contribution >= 0.6 is 0 Å². The van der Waals surface area contributed by atoms with Crippen molar-refractivity contribution < 1.29 is 13.9 Å². The van der Waals surface area contributed by atoms with E-state index in [1.807, 2.05) is 13.8 Å². The zero-order valence-corrected chi connectivity index (χ0v) is 14.0. The normalized spacial score (nSPS) is 11.0. The number of amides is 1. The Labute approximate surface area is 139 Å². The summed E-state index contributed by atoms with van der Waals surface area (Å²) >= 11 is 0. The summed E-state index contributed by atoms with van der Waals surface area (Å²) in [6, 6.07) is 10.1. The zero-order valence-electron chi connectivity index (χ0n) is 14.0. The third-order valence-corrected chi connectivity index (χ3v) is 4.18. The minimum Gasteiger partial charge on any atom is -0.497 e. The summed E-state index contributed by atoms with van der Waals surface area (Å²) in [5.74, 6) is 0.538. The first-order chi connectivity index (χ1) is 11.6. The van der Waals surface area contributed by atoms with Crippen LogP contribution in [0.25, 0.3) is 21.9 Å².